The van der Waals surface area contributed by atoms with Crippen LogP contribution >= 0.6 is 0 Å². The monoisotopic (exact) mass is 512 g/mol. The number of benzene rings is 1. The Bertz CT molecular complexity index is 1440. The van der Waals surface area contributed by atoms with Gasteiger partial charge in [-0.1, -0.05) is 11.2 Å². The number of methoxy groups -OCH3 is 1. The van der Waals surface area contributed by atoms with Crippen LogP contribution < -0.4 is 4.74 Å². The molecule has 7 rings (SSSR count). The van der Waals surface area contributed by atoms with Crippen LogP contribution in [0.3, 0.4) is 0 Å². The first-order chi connectivity index (χ1) is 17.6. The molecule has 2 aliphatic heterocycles. The van der Waals surface area contributed by atoms with E-state index in [2.05, 4.69) is 27.2 Å². The number of aryl methyl sites for hydroxylation is 1. The number of alkyl halides is 3. The second-order valence-corrected chi connectivity index (χ2v) is 11.2. The van der Waals surface area contributed by atoms with Crippen LogP contribution in [0.1, 0.15) is 61.3 Å². The van der Waals surface area contributed by atoms with Gasteiger partial charge in [0.2, 0.25) is 5.76 Å². The van der Waals surface area contributed by atoms with Gasteiger partial charge in [-0.05, 0) is 73.8 Å². The minimum Gasteiger partial charge on any atom is -0.495 e. The lowest BCUT2D eigenvalue weighted by Gasteiger charge is -2.43. The number of furan rings is 1. The number of fused-ring (bicyclic) bond motifs is 2. The van der Waals surface area contributed by atoms with Gasteiger partial charge < -0.3 is 23.5 Å². The van der Waals surface area contributed by atoms with Crippen LogP contribution in [0, 0.1) is 17.8 Å². The summed E-state index contributed by atoms with van der Waals surface area (Å²) in [4.78, 5) is 12.3. The number of hydrogen-bond acceptors (Lipinski definition) is 6. The zero-order valence-electron chi connectivity index (χ0n) is 20.8. The largest absolute Gasteiger partial charge is 0.495 e. The van der Waals surface area contributed by atoms with Crippen molar-refractivity contribution in [2.24, 2.45) is 16.0 Å². The van der Waals surface area contributed by atoms with Crippen molar-refractivity contribution in [3.05, 3.63) is 65.6 Å². The quantitative estimate of drug-likeness (QED) is 0.431. The van der Waals surface area contributed by atoms with Gasteiger partial charge >= 0.3 is 6.18 Å². The van der Waals surface area contributed by atoms with Gasteiger partial charge in [0.05, 0.1) is 24.8 Å². The molecule has 3 aromatic rings. The molecule has 1 saturated heterocycles. The molecule has 2 saturated carbocycles. The molecule has 0 amide bonds. The number of oxime groups is 1. The third-order valence-electron chi connectivity index (χ3n) is 8.68. The summed E-state index contributed by atoms with van der Waals surface area (Å²) in [6, 6.07) is 8.58. The fraction of sp³-hybridized carbons (Fsp3) is 0.481. The molecule has 1 aromatic carbocycles. The molecular formula is C27H27F3N4O3. The molecular weight excluding hydrogens is 485 g/mol. The highest BCUT2D eigenvalue weighted by molar-refractivity contribution is 5.94. The first kappa shape index (κ1) is 22.7. The molecule has 3 fully saturated rings. The van der Waals surface area contributed by atoms with Crippen LogP contribution in [0.25, 0.3) is 5.69 Å². The predicted octanol–water partition coefficient (Wildman–Crippen LogP) is 5.98. The summed E-state index contributed by atoms with van der Waals surface area (Å²) in [6.07, 6.45) is 3.26. The van der Waals surface area contributed by atoms with Crippen molar-refractivity contribution in [3.8, 4) is 11.4 Å². The molecule has 4 aliphatic rings. The van der Waals surface area contributed by atoms with Gasteiger partial charge in [0.15, 0.2) is 11.6 Å². The molecule has 0 radical (unpaired) electrons. The van der Waals surface area contributed by atoms with Gasteiger partial charge in [-0.3, -0.25) is 0 Å². The minimum atomic E-state index is -4.56. The fourth-order valence-corrected chi connectivity index (χ4v) is 6.45. The van der Waals surface area contributed by atoms with Gasteiger partial charge in [-0.25, -0.2) is 4.98 Å². The molecule has 10 heteroatoms. The normalized spacial score (nSPS) is 29.3. The summed E-state index contributed by atoms with van der Waals surface area (Å²) in [5.74, 6) is 0.877. The van der Waals surface area contributed by atoms with Gasteiger partial charge in [0.1, 0.15) is 5.75 Å². The Morgan fingerprint density at radius 1 is 1.16 bits per heavy atom. The molecule has 4 heterocycles. The van der Waals surface area contributed by atoms with Crippen LogP contribution in [0.15, 0.2) is 52.4 Å². The molecule has 3 atom stereocenters. The van der Waals surface area contributed by atoms with E-state index in [1.165, 1.54) is 6.07 Å². The minimum absolute atomic E-state index is 0.116. The molecule has 194 valence electrons. The number of hydrogen-bond donors (Lipinski definition) is 0. The van der Waals surface area contributed by atoms with Crippen molar-refractivity contribution < 1.29 is 27.2 Å². The Kier molecular flexibility index (Phi) is 4.37. The van der Waals surface area contributed by atoms with Crippen molar-refractivity contribution in [2.75, 3.05) is 13.7 Å². The summed E-state index contributed by atoms with van der Waals surface area (Å²) >= 11 is 0. The highest BCUT2D eigenvalue weighted by Gasteiger charge is 2.72. The number of piperidine rings is 1. The average Bonchev–Trinajstić information content (AvgIpc) is 3.50. The zero-order valence-corrected chi connectivity index (χ0v) is 20.8. The van der Waals surface area contributed by atoms with Crippen molar-refractivity contribution >= 4 is 5.84 Å². The summed E-state index contributed by atoms with van der Waals surface area (Å²) in [6.45, 7) is 4.39. The smallest absolute Gasteiger partial charge is 0.449 e. The number of amidine groups is 1. The second kappa shape index (κ2) is 7.11. The number of nitrogens with zero attached hydrogens (tertiary/aromatic N) is 4. The lowest BCUT2D eigenvalue weighted by molar-refractivity contribution is -0.159. The Balaban J connectivity index is 1.22. The van der Waals surface area contributed by atoms with E-state index in [1.807, 2.05) is 23.8 Å². The van der Waals surface area contributed by atoms with Gasteiger partial charge in [-0.2, -0.15) is 13.2 Å². The van der Waals surface area contributed by atoms with Gasteiger partial charge in [-0.15, -0.1) is 0 Å². The number of ether oxygens (including phenoxy) is 1. The van der Waals surface area contributed by atoms with Crippen molar-refractivity contribution in [2.45, 2.75) is 57.3 Å². The summed E-state index contributed by atoms with van der Waals surface area (Å²) < 4.78 is 52.7. The molecule has 7 nitrogen and oxygen atoms in total. The lowest BCUT2D eigenvalue weighted by Crippen LogP contribution is -2.53. The van der Waals surface area contributed by atoms with Crippen LogP contribution in [-0.2, 0) is 16.7 Å². The van der Waals surface area contributed by atoms with E-state index in [0.29, 0.717) is 6.54 Å². The number of rotatable bonds is 4. The average molecular weight is 513 g/mol. The zero-order chi connectivity index (χ0) is 25.8. The Labute approximate surface area is 211 Å². The van der Waals surface area contributed by atoms with E-state index >= 15 is 0 Å². The lowest BCUT2D eigenvalue weighted by atomic mass is 9.79. The number of halogens is 3. The molecule has 0 N–H and O–H groups in total. The number of imidazole rings is 1. The van der Waals surface area contributed by atoms with Crippen molar-refractivity contribution in [3.63, 3.8) is 0 Å². The highest BCUT2D eigenvalue weighted by Crippen LogP contribution is 2.73. The third-order valence-corrected chi connectivity index (χ3v) is 8.68. The Hall–Kier alpha value is -3.43. The predicted molar refractivity (Wildman–Crippen MR) is 127 cm³/mol. The van der Waals surface area contributed by atoms with Crippen LogP contribution in [0.5, 0.6) is 5.75 Å². The highest BCUT2D eigenvalue weighted by atomic mass is 19.4. The Morgan fingerprint density at radius 2 is 1.97 bits per heavy atom. The molecule has 2 aliphatic carbocycles. The second-order valence-electron chi connectivity index (χ2n) is 11.2. The number of aromatic nitrogens is 2. The van der Waals surface area contributed by atoms with E-state index in [4.69, 9.17) is 14.0 Å². The van der Waals surface area contributed by atoms with E-state index in [1.54, 1.807) is 20.4 Å². The first-order valence-electron chi connectivity index (χ1n) is 12.5. The van der Waals surface area contributed by atoms with Crippen molar-refractivity contribution in [1.29, 1.82) is 0 Å². The fourth-order valence-electron chi connectivity index (χ4n) is 6.45. The van der Waals surface area contributed by atoms with Crippen LogP contribution in [0.4, 0.5) is 13.2 Å². The molecule has 37 heavy (non-hydrogen) atoms. The van der Waals surface area contributed by atoms with Gasteiger partial charge in [0, 0.05) is 25.1 Å². The summed E-state index contributed by atoms with van der Waals surface area (Å²) in [7, 11) is 1.66. The van der Waals surface area contributed by atoms with Gasteiger partial charge in [0.25, 0.3) is 5.72 Å². The molecule has 2 spiro atoms. The topological polar surface area (TPSA) is 65.0 Å². The standard InChI is InChI=1S/C27H27F3N4O3/c1-16-12-33(15-31-16)19-5-4-17(10-20(19)35-3)18-11-26(18)13-25(8-9-25)14-34-23(26)32-37-24(34,2)21-6-7-22(36-21)27(28,29)30/h4-7,10,12,15,18H,8-9,11,13-14H2,1-3H3. The van der Waals surface area contributed by atoms with E-state index in [-0.39, 0.29) is 22.5 Å². The van der Waals surface area contributed by atoms with E-state index in [0.717, 1.165) is 60.3 Å². The third kappa shape index (κ3) is 3.26. The van der Waals surface area contributed by atoms with E-state index < -0.39 is 17.7 Å². The van der Waals surface area contributed by atoms with Crippen LogP contribution in [-0.4, -0.2) is 33.9 Å². The Morgan fingerprint density at radius 3 is 2.62 bits per heavy atom. The maximum Gasteiger partial charge on any atom is 0.449 e. The van der Waals surface area contributed by atoms with Crippen molar-refractivity contribution in [1.82, 2.24) is 14.5 Å². The summed E-state index contributed by atoms with van der Waals surface area (Å²) in [5.41, 5.74) is 1.69. The maximum atomic E-state index is 13.3. The summed E-state index contributed by atoms with van der Waals surface area (Å²) in [5, 5.41) is 4.51. The maximum absolute atomic E-state index is 13.3. The first-order valence-corrected chi connectivity index (χ1v) is 12.5. The molecule has 0 bridgehead atoms. The van der Waals surface area contributed by atoms with Crippen LogP contribution in [0.2, 0.25) is 0 Å². The molecule has 3 unspecified atom stereocenters. The molecule has 2 aromatic heterocycles. The van der Waals surface area contributed by atoms with E-state index in [9.17, 15) is 13.2 Å². The SMILES string of the molecule is COc1cc(C2CC23CC2(CC2)CN2C3=NOC2(C)c2ccc(C(F)(F)F)o2)ccc1-n1cnc(C)c1.